The molecule has 2 rings (SSSR count). The van der Waals surface area contributed by atoms with Crippen LogP contribution in [0.1, 0.15) is 39.0 Å². The Morgan fingerprint density at radius 1 is 1.38 bits per heavy atom. The lowest BCUT2D eigenvalue weighted by Crippen LogP contribution is -2.45. The number of aromatic nitrogens is 1. The molecule has 3 N–H and O–H groups in total. The van der Waals surface area contributed by atoms with Crippen LogP contribution in [-0.2, 0) is 10.0 Å². The van der Waals surface area contributed by atoms with E-state index in [2.05, 4.69) is 15.0 Å². The molecule has 1 aliphatic carbocycles. The average Bonchev–Trinajstić information content (AvgIpc) is 2.47. The van der Waals surface area contributed by atoms with Gasteiger partial charge in [0.05, 0.1) is 11.8 Å². The van der Waals surface area contributed by atoms with E-state index in [9.17, 15) is 13.5 Å². The maximum absolute atomic E-state index is 12.5. The van der Waals surface area contributed by atoms with E-state index >= 15 is 0 Å². The Bertz CT molecular complexity index is 562. The summed E-state index contributed by atoms with van der Waals surface area (Å²) in [5.74, 6) is 0. The fourth-order valence-corrected chi connectivity index (χ4v) is 3.94. The largest absolute Gasteiger partial charge is 0.391 e. The summed E-state index contributed by atoms with van der Waals surface area (Å²) in [6, 6.07) is 1.24. The Hall–Kier alpha value is -1.18. The highest BCUT2D eigenvalue weighted by atomic mass is 32.2. The second-order valence-corrected chi connectivity index (χ2v) is 7.06. The number of aliphatic hydroxyl groups excluding tert-OH is 1. The summed E-state index contributed by atoms with van der Waals surface area (Å²) in [6.45, 7) is 2.71. The van der Waals surface area contributed by atoms with Gasteiger partial charge in [0.2, 0.25) is 10.0 Å². The number of hydrogen-bond acceptors (Lipinski definition) is 5. The van der Waals surface area contributed by atoms with Crippen molar-refractivity contribution in [1.29, 1.82) is 0 Å². The number of sulfonamides is 1. The van der Waals surface area contributed by atoms with E-state index in [4.69, 9.17) is 0 Å². The molecule has 1 aromatic rings. The monoisotopic (exact) mass is 313 g/mol. The molecule has 0 aromatic carbocycles. The summed E-state index contributed by atoms with van der Waals surface area (Å²) in [4.78, 5) is 4.05. The molecule has 1 aliphatic rings. The van der Waals surface area contributed by atoms with Crippen LogP contribution in [0.4, 0.5) is 5.69 Å². The third-order valence-electron chi connectivity index (χ3n) is 3.68. The lowest BCUT2D eigenvalue weighted by Gasteiger charge is -2.28. The van der Waals surface area contributed by atoms with E-state index in [0.29, 0.717) is 25.1 Å². The van der Waals surface area contributed by atoms with Gasteiger partial charge in [-0.1, -0.05) is 19.8 Å². The third-order valence-corrected chi connectivity index (χ3v) is 5.19. The molecule has 0 bridgehead atoms. The number of aliphatic hydroxyl groups is 1. The minimum atomic E-state index is -3.69. The molecule has 6 nitrogen and oxygen atoms in total. The van der Waals surface area contributed by atoms with Gasteiger partial charge in [-0.25, -0.2) is 13.1 Å². The van der Waals surface area contributed by atoms with E-state index in [1.54, 1.807) is 12.3 Å². The summed E-state index contributed by atoms with van der Waals surface area (Å²) in [6.07, 6.45) is 6.36. The highest BCUT2D eigenvalue weighted by Gasteiger charge is 2.29. The zero-order chi connectivity index (χ0) is 15.3. The molecule has 0 aliphatic heterocycles. The van der Waals surface area contributed by atoms with Crippen LogP contribution in [0.25, 0.3) is 0 Å². The van der Waals surface area contributed by atoms with Crippen LogP contribution >= 0.6 is 0 Å². The van der Waals surface area contributed by atoms with Crippen LogP contribution in [0, 0.1) is 0 Å². The van der Waals surface area contributed by atoms with Crippen molar-refractivity contribution in [3.8, 4) is 0 Å². The third kappa shape index (κ3) is 4.15. The van der Waals surface area contributed by atoms with Crippen LogP contribution in [0.15, 0.2) is 23.4 Å². The van der Waals surface area contributed by atoms with Gasteiger partial charge in [0, 0.05) is 25.0 Å². The molecule has 1 fully saturated rings. The molecule has 7 heteroatoms. The SMILES string of the molecule is CCCNc1ccncc1S(=O)(=O)NC1CCCCC1O. The van der Waals surface area contributed by atoms with Gasteiger partial charge in [-0.3, -0.25) is 4.98 Å². The second-order valence-electron chi connectivity index (χ2n) is 5.38. The zero-order valence-corrected chi connectivity index (χ0v) is 13.1. The molecule has 0 radical (unpaired) electrons. The van der Waals surface area contributed by atoms with Gasteiger partial charge in [0.15, 0.2) is 0 Å². The number of hydrogen-bond donors (Lipinski definition) is 3. The van der Waals surface area contributed by atoms with E-state index in [-0.39, 0.29) is 4.90 Å². The first-order valence-corrected chi connectivity index (χ1v) is 8.91. The van der Waals surface area contributed by atoms with Crippen molar-refractivity contribution >= 4 is 15.7 Å². The summed E-state index contributed by atoms with van der Waals surface area (Å²) in [5.41, 5.74) is 0.546. The van der Waals surface area contributed by atoms with Gasteiger partial charge < -0.3 is 10.4 Å². The lowest BCUT2D eigenvalue weighted by atomic mass is 9.93. The zero-order valence-electron chi connectivity index (χ0n) is 12.2. The van der Waals surface area contributed by atoms with Crippen LogP contribution in [-0.4, -0.2) is 37.2 Å². The van der Waals surface area contributed by atoms with Crippen molar-refractivity contribution < 1.29 is 13.5 Å². The molecule has 2 unspecified atom stereocenters. The highest BCUT2D eigenvalue weighted by Crippen LogP contribution is 2.23. The highest BCUT2D eigenvalue weighted by molar-refractivity contribution is 7.89. The van der Waals surface area contributed by atoms with Gasteiger partial charge >= 0.3 is 0 Å². The first-order valence-electron chi connectivity index (χ1n) is 7.43. The normalized spacial score (nSPS) is 23.0. The van der Waals surface area contributed by atoms with Crippen LogP contribution < -0.4 is 10.0 Å². The lowest BCUT2D eigenvalue weighted by molar-refractivity contribution is 0.101. The molecule has 118 valence electrons. The van der Waals surface area contributed by atoms with E-state index < -0.39 is 22.2 Å². The summed E-state index contributed by atoms with van der Waals surface area (Å²) >= 11 is 0. The quantitative estimate of drug-likeness (QED) is 0.740. The average molecular weight is 313 g/mol. The van der Waals surface area contributed by atoms with E-state index in [0.717, 1.165) is 19.3 Å². The van der Waals surface area contributed by atoms with Gasteiger partial charge in [-0.15, -0.1) is 0 Å². The Labute approximate surface area is 126 Å². The minimum Gasteiger partial charge on any atom is -0.391 e. The van der Waals surface area contributed by atoms with Crippen LogP contribution in [0.3, 0.4) is 0 Å². The molecule has 2 atom stereocenters. The molecule has 0 saturated heterocycles. The number of pyridine rings is 1. The molecule has 21 heavy (non-hydrogen) atoms. The van der Waals surface area contributed by atoms with Crippen molar-refractivity contribution in [2.45, 2.75) is 56.1 Å². The van der Waals surface area contributed by atoms with Crippen LogP contribution in [0.5, 0.6) is 0 Å². The fraction of sp³-hybridized carbons (Fsp3) is 0.643. The number of nitrogens with zero attached hydrogens (tertiary/aromatic N) is 1. The van der Waals surface area contributed by atoms with Crippen molar-refractivity contribution in [1.82, 2.24) is 9.71 Å². The van der Waals surface area contributed by atoms with Crippen LogP contribution in [0.2, 0.25) is 0 Å². The Morgan fingerprint density at radius 3 is 2.86 bits per heavy atom. The topological polar surface area (TPSA) is 91.3 Å². The second kappa shape index (κ2) is 7.20. The Morgan fingerprint density at radius 2 is 2.14 bits per heavy atom. The van der Waals surface area contributed by atoms with Gasteiger partial charge in [0.1, 0.15) is 4.90 Å². The van der Waals surface area contributed by atoms with E-state index in [1.807, 2.05) is 6.92 Å². The first-order chi connectivity index (χ1) is 10.0. The van der Waals surface area contributed by atoms with Crippen molar-refractivity contribution in [3.63, 3.8) is 0 Å². The van der Waals surface area contributed by atoms with Gasteiger partial charge in [-0.2, -0.15) is 0 Å². The van der Waals surface area contributed by atoms with E-state index in [1.165, 1.54) is 6.20 Å². The predicted octanol–water partition coefficient (Wildman–Crippen LogP) is 1.49. The molecule has 1 heterocycles. The maximum atomic E-state index is 12.5. The fourth-order valence-electron chi connectivity index (χ4n) is 2.51. The summed E-state index contributed by atoms with van der Waals surface area (Å²) in [7, 11) is -3.69. The van der Waals surface area contributed by atoms with Crippen molar-refractivity contribution in [2.24, 2.45) is 0 Å². The molecular weight excluding hydrogens is 290 g/mol. The number of rotatable bonds is 6. The summed E-state index contributed by atoms with van der Waals surface area (Å²) < 4.78 is 27.7. The van der Waals surface area contributed by atoms with Crippen molar-refractivity contribution in [2.75, 3.05) is 11.9 Å². The predicted molar refractivity (Wildman–Crippen MR) is 81.6 cm³/mol. The maximum Gasteiger partial charge on any atom is 0.244 e. The molecule has 1 saturated carbocycles. The molecule has 1 aromatic heterocycles. The molecular formula is C14H23N3O3S. The standard InChI is InChI=1S/C14H23N3O3S/c1-2-8-16-12-7-9-15-10-14(12)21(19,20)17-11-5-3-4-6-13(11)18/h7,9-11,13,17-18H,2-6,8H2,1H3,(H,15,16). The smallest absolute Gasteiger partial charge is 0.244 e. The number of nitrogens with one attached hydrogen (secondary N) is 2. The molecule has 0 amide bonds. The van der Waals surface area contributed by atoms with Crippen molar-refractivity contribution in [3.05, 3.63) is 18.5 Å². The Kier molecular flexibility index (Phi) is 5.55. The number of anilines is 1. The van der Waals surface area contributed by atoms with Gasteiger partial charge in [0.25, 0.3) is 0 Å². The minimum absolute atomic E-state index is 0.135. The first kappa shape index (κ1) is 16.2. The Balaban J connectivity index is 2.18. The van der Waals surface area contributed by atoms with Gasteiger partial charge in [-0.05, 0) is 25.3 Å². The summed E-state index contributed by atoms with van der Waals surface area (Å²) in [5, 5.41) is 13.0. The molecule has 0 spiro atoms.